The highest BCUT2D eigenvalue weighted by Crippen LogP contribution is 2.33. The maximum Gasteiger partial charge on any atom is 0.251 e. The van der Waals surface area contributed by atoms with E-state index < -0.39 is 0 Å². The van der Waals surface area contributed by atoms with Gasteiger partial charge >= 0.3 is 0 Å². The van der Waals surface area contributed by atoms with Gasteiger partial charge in [-0.05, 0) is 37.3 Å². The molecule has 0 bridgehead atoms. The van der Waals surface area contributed by atoms with Crippen LogP contribution in [0.1, 0.15) is 55.1 Å². The number of hydrogen-bond acceptors (Lipinski definition) is 2. The van der Waals surface area contributed by atoms with Gasteiger partial charge in [-0.15, -0.1) is 0 Å². The van der Waals surface area contributed by atoms with E-state index in [1.165, 1.54) is 19.3 Å². The van der Waals surface area contributed by atoms with Gasteiger partial charge in [0.05, 0.1) is 0 Å². The van der Waals surface area contributed by atoms with Crippen molar-refractivity contribution in [3.05, 3.63) is 28.5 Å². The number of rotatable bonds is 7. The molecule has 19 heavy (non-hydrogen) atoms. The van der Waals surface area contributed by atoms with E-state index in [9.17, 15) is 4.79 Å². The van der Waals surface area contributed by atoms with Crippen LogP contribution in [-0.2, 0) is 6.42 Å². The smallest absolute Gasteiger partial charge is 0.251 e. The van der Waals surface area contributed by atoms with Crippen molar-refractivity contribution in [2.24, 2.45) is 5.92 Å². The van der Waals surface area contributed by atoms with Gasteiger partial charge in [0.15, 0.2) is 0 Å². The largest absolute Gasteiger partial charge is 0.352 e. The number of carbonyl (C=O) groups excluding carboxylic acids is 1. The lowest BCUT2D eigenvalue weighted by Gasteiger charge is -2.07. The lowest BCUT2D eigenvalue weighted by Crippen LogP contribution is -2.24. The highest BCUT2D eigenvalue weighted by atomic mass is 35.5. The summed E-state index contributed by atoms with van der Waals surface area (Å²) in [4.78, 5) is 16.2. The normalized spacial score (nSPS) is 14.4. The van der Waals surface area contributed by atoms with Crippen molar-refractivity contribution in [2.75, 3.05) is 6.54 Å². The van der Waals surface area contributed by atoms with Crippen LogP contribution in [0.2, 0.25) is 5.15 Å². The van der Waals surface area contributed by atoms with Gasteiger partial charge in [0, 0.05) is 17.8 Å². The van der Waals surface area contributed by atoms with Crippen molar-refractivity contribution in [1.29, 1.82) is 0 Å². The van der Waals surface area contributed by atoms with Crippen molar-refractivity contribution >= 4 is 17.5 Å². The van der Waals surface area contributed by atoms with Crippen LogP contribution in [0.3, 0.4) is 0 Å². The van der Waals surface area contributed by atoms with Crippen LogP contribution in [0.4, 0.5) is 0 Å². The summed E-state index contributed by atoms with van der Waals surface area (Å²) in [6.45, 7) is 2.83. The first-order chi connectivity index (χ1) is 9.19. The van der Waals surface area contributed by atoms with Gasteiger partial charge < -0.3 is 5.32 Å². The van der Waals surface area contributed by atoms with E-state index in [0.29, 0.717) is 10.7 Å². The predicted molar refractivity (Wildman–Crippen MR) is 77.5 cm³/mol. The highest BCUT2D eigenvalue weighted by Gasteiger charge is 2.20. The highest BCUT2D eigenvalue weighted by molar-refractivity contribution is 6.29. The molecule has 0 saturated heterocycles. The Morgan fingerprint density at radius 2 is 2.26 bits per heavy atom. The van der Waals surface area contributed by atoms with E-state index in [1.807, 2.05) is 6.07 Å². The second kappa shape index (κ2) is 6.90. The van der Waals surface area contributed by atoms with E-state index in [1.54, 1.807) is 6.07 Å². The molecule has 1 saturated carbocycles. The van der Waals surface area contributed by atoms with Crippen LogP contribution in [-0.4, -0.2) is 17.4 Å². The Kier molecular flexibility index (Phi) is 5.20. The van der Waals surface area contributed by atoms with Crippen molar-refractivity contribution in [2.45, 2.75) is 45.4 Å². The first kappa shape index (κ1) is 14.3. The molecule has 1 aliphatic rings. The number of amides is 1. The van der Waals surface area contributed by atoms with Gasteiger partial charge in [-0.2, -0.15) is 0 Å². The number of nitrogens with one attached hydrogen (secondary N) is 1. The molecular formula is C15H21ClN2O. The van der Waals surface area contributed by atoms with Crippen molar-refractivity contribution in [1.82, 2.24) is 10.3 Å². The lowest BCUT2D eigenvalue weighted by atomic mass is 10.1. The number of halogens is 1. The third kappa shape index (κ3) is 4.83. The molecule has 0 unspecified atom stereocenters. The standard InChI is InChI=1S/C15H21ClN2O/c1-2-4-13-9-12(10-14(16)18-13)15(19)17-8-3-5-11-6-7-11/h9-11H,2-8H2,1H3,(H,17,19). The minimum Gasteiger partial charge on any atom is -0.352 e. The number of carbonyl (C=O) groups is 1. The van der Waals surface area contributed by atoms with E-state index in [4.69, 9.17) is 11.6 Å². The van der Waals surface area contributed by atoms with Crippen molar-refractivity contribution in [3.8, 4) is 0 Å². The first-order valence-electron chi connectivity index (χ1n) is 7.13. The summed E-state index contributed by atoms with van der Waals surface area (Å²) in [7, 11) is 0. The molecule has 3 nitrogen and oxygen atoms in total. The van der Waals surface area contributed by atoms with Crippen molar-refractivity contribution < 1.29 is 4.79 Å². The first-order valence-corrected chi connectivity index (χ1v) is 7.51. The van der Waals surface area contributed by atoms with Gasteiger partial charge in [0.1, 0.15) is 5.15 Å². The third-order valence-electron chi connectivity index (χ3n) is 3.39. The van der Waals surface area contributed by atoms with Gasteiger partial charge in [0.25, 0.3) is 5.91 Å². The molecule has 1 aromatic heterocycles. The molecule has 1 heterocycles. The Balaban J connectivity index is 1.85. The molecule has 1 aromatic rings. The van der Waals surface area contributed by atoms with E-state index in [2.05, 4.69) is 17.2 Å². The Bertz CT molecular complexity index is 444. The zero-order chi connectivity index (χ0) is 13.7. The number of nitrogens with zero attached hydrogens (tertiary/aromatic N) is 1. The molecule has 4 heteroatoms. The summed E-state index contributed by atoms with van der Waals surface area (Å²) in [5.41, 5.74) is 1.51. The topological polar surface area (TPSA) is 42.0 Å². The molecular weight excluding hydrogens is 260 g/mol. The summed E-state index contributed by atoms with van der Waals surface area (Å²) in [5, 5.41) is 3.35. The maximum atomic E-state index is 12.0. The van der Waals surface area contributed by atoms with Crippen LogP contribution in [0, 0.1) is 5.92 Å². The van der Waals surface area contributed by atoms with Crippen LogP contribution in [0.5, 0.6) is 0 Å². The maximum absolute atomic E-state index is 12.0. The molecule has 0 aliphatic heterocycles. The molecule has 1 amide bonds. The molecule has 0 atom stereocenters. The summed E-state index contributed by atoms with van der Waals surface area (Å²) < 4.78 is 0. The molecule has 1 fully saturated rings. The van der Waals surface area contributed by atoms with Gasteiger partial charge in [-0.3, -0.25) is 4.79 Å². The molecule has 1 aliphatic carbocycles. The summed E-state index contributed by atoms with van der Waals surface area (Å²) in [5.74, 6) is 0.876. The SMILES string of the molecule is CCCc1cc(C(=O)NCCCC2CC2)cc(Cl)n1. The van der Waals surface area contributed by atoms with Crippen LogP contribution >= 0.6 is 11.6 Å². The zero-order valence-corrected chi connectivity index (χ0v) is 12.2. The second-order valence-corrected chi connectivity index (χ2v) is 5.65. The molecule has 104 valence electrons. The predicted octanol–water partition coefficient (Wildman–Crippen LogP) is 3.61. The molecule has 0 aromatic carbocycles. The van der Waals surface area contributed by atoms with Crippen LogP contribution < -0.4 is 5.32 Å². The average Bonchev–Trinajstić information content (AvgIpc) is 3.18. The Hall–Kier alpha value is -1.09. The fourth-order valence-corrected chi connectivity index (χ4v) is 2.39. The van der Waals surface area contributed by atoms with Gasteiger partial charge in [-0.1, -0.05) is 37.8 Å². The number of pyridine rings is 1. The summed E-state index contributed by atoms with van der Waals surface area (Å²) >= 11 is 5.95. The number of hydrogen-bond donors (Lipinski definition) is 1. The Morgan fingerprint density at radius 1 is 1.47 bits per heavy atom. The molecule has 1 N–H and O–H groups in total. The quantitative estimate of drug-likeness (QED) is 0.612. The summed E-state index contributed by atoms with van der Waals surface area (Å²) in [6, 6.07) is 3.47. The fourth-order valence-electron chi connectivity index (χ4n) is 2.17. The number of aromatic nitrogens is 1. The Labute approximate surface area is 119 Å². The van der Waals surface area contributed by atoms with E-state index in [0.717, 1.165) is 37.4 Å². The zero-order valence-electron chi connectivity index (χ0n) is 11.4. The minimum atomic E-state index is -0.0440. The lowest BCUT2D eigenvalue weighted by molar-refractivity contribution is 0.0952. The van der Waals surface area contributed by atoms with Crippen LogP contribution in [0.15, 0.2) is 12.1 Å². The minimum absolute atomic E-state index is 0.0440. The van der Waals surface area contributed by atoms with Crippen LogP contribution in [0.25, 0.3) is 0 Å². The van der Waals surface area contributed by atoms with E-state index in [-0.39, 0.29) is 5.91 Å². The van der Waals surface area contributed by atoms with Crippen molar-refractivity contribution in [3.63, 3.8) is 0 Å². The molecule has 0 radical (unpaired) electrons. The monoisotopic (exact) mass is 280 g/mol. The number of aryl methyl sites for hydroxylation is 1. The second-order valence-electron chi connectivity index (χ2n) is 5.26. The van der Waals surface area contributed by atoms with Gasteiger partial charge in [0.2, 0.25) is 0 Å². The third-order valence-corrected chi connectivity index (χ3v) is 3.58. The average molecular weight is 281 g/mol. The van der Waals surface area contributed by atoms with Gasteiger partial charge in [-0.25, -0.2) is 4.98 Å². The summed E-state index contributed by atoms with van der Waals surface area (Å²) in [6.07, 6.45) is 6.89. The molecule has 2 rings (SSSR count). The molecule has 0 spiro atoms. The fraction of sp³-hybridized carbons (Fsp3) is 0.600. The van der Waals surface area contributed by atoms with E-state index >= 15 is 0 Å². The Morgan fingerprint density at radius 3 is 2.95 bits per heavy atom.